The predicted octanol–water partition coefficient (Wildman–Crippen LogP) is 5.34. The van der Waals surface area contributed by atoms with Gasteiger partial charge in [0.15, 0.2) is 5.65 Å². The lowest BCUT2D eigenvalue weighted by Crippen LogP contribution is -2.13. The molecule has 0 saturated heterocycles. The molecule has 1 amide bonds. The first-order valence-electron chi connectivity index (χ1n) is 9.64. The molecule has 7 heteroatoms. The van der Waals surface area contributed by atoms with Gasteiger partial charge >= 0.3 is 0 Å². The number of halogens is 1. The van der Waals surface area contributed by atoms with Gasteiger partial charge in [0, 0.05) is 11.4 Å². The summed E-state index contributed by atoms with van der Waals surface area (Å²) in [6, 6.07) is 16.5. The summed E-state index contributed by atoms with van der Waals surface area (Å²) >= 11 is 6.37. The number of para-hydroxylation sites is 1. The maximum atomic E-state index is 13.1. The van der Waals surface area contributed by atoms with E-state index in [1.807, 2.05) is 63.2 Å². The van der Waals surface area contributed by atoms with Crippen LogP contribution in [0, 0.1) is 13.8 Å². The maximum Gasteiger partial charge on any atom is 0.256 e. The Kier molecular flexibility index (Phi) is 5.42. The number of rotatable bonds is 5. The average Bonchev–Trinajstić information content (AvgIpc) is 3.05. The summed E-state index contributed by atoms with van der Waals surface area (Å²) in [6.45, 7) is 6.24. The summed E-state index contributed by atoms with van der Waals surface area (Å²) in [7, 11) is 0. The minimum absolute atomic E-state index is 0.225. The highest BCUT2D eigenvalue weighted by Crippen LogP contribution is 2.28. The van der Waals surface area contributed by atoms with Gasteiger partial charge in [-0.3, -0.25) is 4.79 Å². The van der Waals surface area contributed by atoms with Crippen LogP contribution in [0.5, 0.6) is 5.75 Å². The van der Waals surface area contributed by atoms with Gasteiger partial charge in [-0.1, -0.05) is 23.7 Å². The molecule has 4 rings (SSSR count). The van der Waals surface area contributed by atoms with E-state index in [9.17, 15) is 4.79 Å². The van der Waals surface area contributed by atoms with E-state index in [0.29, 0.717) is 51.0 Å². The van der Waals surface area contributed by atoms with Crippen molar-refractivity contribution in [2.24, 2.45) is 0 Å². The molecule has 1 N–H and O–H groups in total. The number of benzene rings is 2. The molecule has 0 fully saturated rings. The zero-order chi connectivity index (χ0) is 21.3. The van der Waals surface area contributed by atoms with Crippen molar-refractivity contribution < 1.29 is 9.53 Å². The van der Waals surface area contributed by atoms with Crippen LogP contribution >= 0.6 is 11.6 Å². The molecule has 0 aliphatic carbocycles. The monoisotopic (exact) mass is 420 g/mol. The van der Waals surface area contributed by atoms with Gasteiger partial charge in [0.25, 0.3) is 5.91 Å². The number of ether oxygens (including phenoxy) is 1. The van der Waals surface area contributed by atoms with E-state index in [1.54, 1.807) is 16.8 Å². The van der Waals surface area contributed by atoms with Gasteiger partial charge in [-0.25, -0.2) is 9.67 Å². The van der Waals surface area contributed by atoms with Crippen LogP contribution in [0.4, 0.5) is 5.69 Å². The lowest BCUT2D eigenvalue weighted by Gasteiger charge is -2.10. The number of anilines is 1. The van der Waals surface area contributed by atoms with Crippen LogP contribution in [0.2, 0.25) is 5.02 Å². The first-order chi connectivity index (χ1) is 14.5. The third-order valence-electron chi connectivity index (χ3n) is 4.69. The Morgan fingerprint density at radius 2 is 1.87 bits per heavy atom. The lowest BCUT2D eigenvalue weighted by atomic mass is 10.1. The smallest absolute Gasteiger partial charge is 0.256 e. The minimum Gasteiger partial charge on any atom is -0.494 e. The van der Waals surface area contributed by atoms with Crippen LogP contribution in [-0.2, 0) is 0 Å². The second-order valence-corrected chi connectivity index (χ2v) is 7.28. The quantitative estimate of drug-likeness (QED) is 0.473. The molecule has 0 aliphatic rings. The van der Waals surface area contributed by atoms with Crippen molar-refractivity contribution >= 4 is 34.2 Å². The Labute approximate surface area is 179 Å². The number of aryl methyl sites for hydroxylation is 2. The number of nitrogens with zero attached hydrogens (tertiary/aromatic N) is 3. The summed E-state index contributed by atoms with van der Waals surface area (Å²) in [6.07, 6.45) is 0. The molecule has 152 valence electrons. The third-order valence-corrected chi connectivity index (χ3v) is 5.01. The lowest BCUT2D eigenvalue weighted by molar-refractivity contribution is 0.102. The topological polar surface area (TPSA) is 69.0 Å². The van der Waals surface area contributed by atoms with Crippen LogP contribution in [0.15, 0.2) is 54.6 Å². The second kappa shape index (κ2) is 8.16. The fourth-order valence-electron chi connectivity index (χ4n) is 3.38. The molecular weight excluding hydrogens is 400 g/mol. The fraction of sp³-hybridized carbons (Fsp3) is 0.174. The first-order valence-corrected chi connectivity index (χ1v) is 10.0. The highest BCUT2D eigenvalue weighted by atomic mass is 35.5. The van der Waals surface area contributed by atoms with Crippen molar-refractivity contribution in [3.63, 3.8) is 0 Å². The van der Waals surface area contributed by atoms with E-state index >= 15 is 0 Å². The Bertz CT molecular complexity index is 1230. The SMILES string of the molecule is CCOc1ccc(NC(=O)c2cc(C)nc3c2c(C)nn3-c2ccccc2Cl)cc1. The largest absolute Gasteiger partial charge is 0.494 e. The van der Waals surface area contributed by atoms with Crippen molar-refractivity contribution in [1.82, 2.24) is 14.8 Å². The first kappa shape index (κ1) is 19.9. The molecule has 2 aromatic heterocycles. The summed E-state index contributed by atoms with van der Waals surface area (Å²) in [5.41, 5.74) is 3.93. The highest BCUT2D eigenvalue weighted by Gasteiger charge is 2.20. The fourth-order valence-corrected chi connectivity index (χ4v) is 3.60. The van der Waals surface area contributed by atoms with Gasteiger partial charge in [0.05, 0.1) is 34.0 Å². The third kappa shape index (κ3) is 3.74. The number of carbonyl (C=O) groups excluding carboxylic acids is 1. The number of aromatic nitrogens is 3. The van der Waals surface area contributed by atoms with Gasteiger partial charge in [-0.15, -0.1) is 0 Å². The molecule has 0 saturated carbocycles. The molecule has 0 bridgehead atoms. The molecule has 2 heterocycles. The van der Waals surface area contributed by atoms with Crippen LogP contribution in [-0.4, -0.2) is 27.3 Å². The number of hydrogen-bond donors (Lipinski definition) is 1. The van der Waals surface area contributed by atoms with E-state index in [4.69, 9.17) is 16.3 Å². The molecule has 0 spiro atoms. The summed E-state index contributed by atoms with van der Waals surface area (Å²) in [4.78, 5) is 17.8. The van der Waals surface area contributed by atoms with Crippen molar-refractivity contribution in [3.8, 4) is 11.4 Å². The average molecular weight is 421 g/mol. The number of nitrogens with one attached hydrogen (secondary N) is 1. The van der Waals surface area contributed by atoms with E-state index in [1.165, 1.54) is 0 Å². The normalized spacial score (nSPS) is 10.9. The summed E-state index contributed by atoms with van der Waals surface area (Å²) in [5.74, 6) is 0.533. The van der Waals surface area contributed by atoms with Crippen molar-refractivity contribution in [2.45, 2.75) is 20.8 Å². The second-order valence-electron chi connectivity index (χ2n) is 6.87. The Balaban J connectivity index is 1.76. The molecule has 4 aromatic rings. The van der Waals surface area contributed by atoms with Gasteiger partial charge in [-0.05, 0) is 63.2 Å². The minimum atomic E-state index is -0.225. The Hall–Kier alpha value is -3.38. The molecule has 2 aromatic carbocycles. The van der Waals surface area contributed by atoms with Crippen molar-refractivity contribution in [1.29, 1.82) is 0 Å². The van der Waals surface area contributed by atoms with E-state index in [-0.39, 0.29) is 5.91 Å². The van der Waals surface area contributed by atoms with Crippen molar-refractivity contribution in [3.05, 3.63) is 76.6 Å². The number of carbonyl (C=O) groups is 1. The molecule has 30 heavy (non-hydrogen) atoms. The van der Waals surface area contributed by atoms with Crippen LogP contribution in [0.25, 0.3) is 16.7 Å². The number of fused-ring (bicyclic) bond motifs is 1. The van der Waals surface area contributed by atoms with Crippen LogP contribution < -0.4 is 10.1 Å². The zero-order valence-corrected chi connectivity index (χ0v) is 17.7. The van der Waals surface area contributed by atoms with Crippen LogP contribution in [0.1, 0.15) is 28.7 Å². The van der Waals surface area contributed by atoms with Gasteiger partial charge in [0.2, 0.25) is 0 Å². The number of pyridine rings is 1. The van der Waals surface area contributed by atoms with Crippen LogP contribution in [0.3, 0.4) is 0 Å². The summed E-state index contributed by atoms with van der Waals surface area (Å²) < 4.78 is 7.14. The van der Waals surface area contributed by atoms with E-state index < -0.39 is 0 Å². The Morgan fingerprint density at radius 3 is 2.57 bits per heavy atom. The summed E-state index contributed by atoms with van der Waals surface area (Å²) in [5, 5.41) is 8.83. The predicted molar refractivity (Wildman–Crippen MR) is 119 cm³/mol. The van der Waals surface area contributed by atoms with E-state index in [2.05, 4.69) is 15.4 Å². The Morgan fingerprint density at radius 1 is 1.13 bits per heavy atom. The van der Waals surface area contributed by atoms with E-state index in [0.717, 1.165) is 5.75 Å². The van der Waals surface area contributed by atoms with Gasteiger partial charge < -0.3 is 10.1 Å². The zero-order valence-electron chi connectivity index (χ0n) is 16.9. The van der Waals surface area contributed by atoms with Gasteiger partial charge in [0.1, 0.15) is 5.75 Å². The van der Waals surface area contributed by atoms with Gasteiger partial charge in [-0.2, -0.15) is 5.10 Å². The standard InChI is InChI=1S/C23H21ClN4O2/c1-4-30-17-11-9-16(10-12-17)26-23(29)18-13-14(2)25-22-21(18)15(3)27-28(22)20-8-6-5-7-19(20)24/h5-13H,4H2,1-3H3,(H,26,29). The molecular formula is C23H21ClN4O2. The molecule has 0 atom stereocenters. The van der Waals surface area contributed by atoms with Crippen molar-refractivity contribution in [2.75, 3.05) is 11.9 Å². The molecule has 0 unspecified atom stereocenters. The highest BCUT2D eigenvalue weighted by molar-refractivity contribution is 6.32. The maximum absolute atomic E-state index is 13.1. The molecule has 0 radical (unpaired) electrons. The molecule has 6 nitrogen and oxygen atoms in total. The number of amides is 1. The number of hydrogen-bond acceptors (Lipinski definition) is 4. The molecule has 0 aliphatic heterocycles.